The Morgan fingerprint density at radius 3 is 2.27 bits per heavy atom. The van der Waals surface area contributed by atoms with Gasteiger partial charge >= 0.3 is 5.97 Å². The van der Waals surface area contributed by atoms with Crippen LogP contribution < -0.4 is 0 Å². The zero-order chi connectivity index (χ0) is 16.8. The highest BCUT2D eigenvalue weighted by atomic mass is 16.4. The van der Waals surface area contributed by atoms with Gasteiger partial charge in [0.25, 0.3) is 0 Å². The molecule has 0 aliphatic rings. The van der Waals surface area contributed by atoms with E-state index in [2.05, 4.69) is 58.9 Å². The molecule has 0 heterocycles. The van der Waals surface area contributed by atoms with Gasteiger partial charge in [-0.1, -0.05) is 58.9 Å². The molecule has 0 radical (unpaired) electrons. The van der Waals surface area contributed by atoms with Crippen LogP contribution in [0.15, 0.2) is 24.3 Å². The Morgan fingerprint density at radius 1 is 1.23 bits per heavy atom. The summed E-state index contributed by atoms with van der Waals surface area (Å²) in [5, 5.41) is 8.98. The molecule has 3 nitrogen and oxygen atoms in total. The molecule has 0 bridgehead atoms. The van der Waals surface area contributed by atoms with Crippen molar-refractivity contribution in [3.05, 3.63) is 35.4 Å². The van der Waals surface area contributed by atoms with E-state index in [0.29, 0.717) is 5.92 Å². The molecule has 1 unspecified atom stereocenters. The number of nitrogens with zero attached hydrogens (tertiary/aromatic N) is 1. The average molecular weight is 305 g/mol. The van der Waals surface area contributed by atoms with Crippen molar-refractivity contribution in [2.24, 2.45) is 5.92 Å². The molecule has 1 aromatic rings. The van der Waals surface area contributed by atoms with Gasteiger partial charge in [0.05, 0.1) is 6.54 Å². The minimum absolute atomic E-state index is 0.140. The molecule has 0 fully saturated rings. The van der Waals surface area contributed by atoms with Crippen LogP contribution in [0.5, 0.6) is 0 Å². The van der Waals surface area contributed by atoms with Crippen molar-refractivity contribution in [2.75, 3.05) is 19.6 Å². The third-order valence-corrected chi connectivity index (χ3v) is 3.87. The third-order valence-electron chi connectivity index (χ3n) is 3.87. The number of benzene rings is 1. The first-order valence-corrected chi connectivity index (χ1v) is 8.26. The number of aliphatic carboxylic acids is 1. The molecule has 0 aromatic heterocycles. The van der Waals surface area contributed by atoms with Crippen LogP contribution in [0.3, 0.4) is 0 Å². The summed E-state index contributed by atoms with van der Waals surface area (Å²) in [6.07, 6.45) is 1.98. The Labute approximate surface area is 135 Å². The normalized spacial score (nSPS) is 13.4. The molecule has 0 spiro atoms. The van der Waals surface area contributed by atoms with Gasteiger partial charge in [0.1, 0.15) is 0 Å². The van der Waals surface area contributed by atoms with Crippen LogP contribution in [-0.2, 0) is 16.6 Å². The number of hydrogen-bond donors (Lipinski definition) is 1. The first kappa shape index (κ1) is 18.7. The lowest BCUT2D eigenvalue weighted by Gasteiger charge is -2.24. The first-order valence-electron chi connectivity index (χ1n) is 8.26. The quantitative estimate of drug-likeness (QED) is 0.790. The Bertz CT molecular complexity index is 459. The predicted octanol–water partition coefficient (Wildman–Crippen LogP) is 3.96. The van der Waals surface area contributed by atoms with Crippen LogP contribution in [0.4, 0.5) is 0 Å². The van der Waals surface area contributed by atoms with Crippen molar-refractivity contribution < 1.29 is 9.90 Å². The molecule has 1 aromatic carbocycles. The van der Waals surface area contributed by atoms with E-state index in [4.69, 9.17) is 5.11 Å². The smallest absolute Gasteiger partial charge is 0.317 e. The number of hydrogen-bond acceptors (Lipinski definition) is 2. The van der Waals surface area contributed by atoms with E-state index in [9.17, 15) is 4.79 Å². The Kier molecular flexibility index (Phi) is 7.08. The minimum Gasteiger partial charge on any atom is -0.480 e. The van der Waals surface area contributed by atoms with Gasteiger partial charge in [-0.25, -0.2) is 0 Å². The monoisotopic (exact) mass is 305 g/mol. The molecule has 0 aliphatic heterocycles. The van der Waals surface area contributed by atoms with E-state index in [0.717, 1.165) is 25.9 Å². The SMILES string of the molecule is CCCN(CC(=O)O)CC(C)Cc1ccc(C(C)(C)C)cc1. The van der Waals surface area contributed by atoms with Gasteiger partial charge in [-0.2, -0.15) is 0 Å². The van der Waals surface area contributed by atoms with Crippen molar-refractivity contribution in [2.45, 2.75) is 52.9 Å². The van der Waals surface area contributed by atoms with Crippen LogP contribution in [0.2, 0.25) is 0 Å². The highest BCUT2D eigenvalue weighted by molar-refractivity contribution is 5.69. The zero-order valence-electron chi connectivity index (χ0n) is 14.7. The lowest BCUT2D eigenvalue weighted by molar-refractivity contribution is -0.138. The largest absolute Gasteiger partial charge is 0.480 e. The van der Waals surface area contributed by atoms with E-state index in [1.54, 1.807) is 0 Å². The highest BCUT2D eigenvalue weighted by Gasteiger charge is 2.15. The van der Waals surface area contributed by atoms with Gasteiger partial charge in [0.15, 0.2) is 0 Å². The maximum absolute atomic E-state index is 10.9. The Morgan fingerprint density at radius 2 is 1.82 bits per heavy atom. The van der Waals surface area contributed by atoms with Crippen molar-refractivity contribution in [3.8, 4) is 0 Å². The van der Waals surface area contributed by atoms with E-state index in [1.165, 1.54) is 11.1 Å². The van der Waals surface area contributed by atoms with Crippen molar-refractivity contribution >= 4 is 5.97 Å². The summed E-state index contributed by atoms with van der Waals surface area (Å²) in [6.45, 7) is 12.8. The van der Waals surface area contributed by atoms with Gasteiger partial charge in [0, 0.05) is 6.54 Å². The van der Waals surface area contributed by atoms with Gasteiger partial charge in [-0.05, 0) is 41.8 Å². The summed E-state index contributed by atoms with van der Waals surface area (Å²) in [6, 6.07) is 8.84. The second kappa shape index (κ2) is 8.33. The highest BCUT2D eigenvalue weighted by Crippen LogP contribution is 2.23. The van der Waals surface area contributed by atoms with Gasteiger partial charge in [-0.15, -0.1) is 0 Å². The predicted molar refractivity (Wildman–Crippen MR) is 92.4 cm³/mol. The fraction of sp³-hybridized carbons (Fsp3) is 0.632. The maximum atomic E-state index is 10.9. The molecular formula is C19H31NO2. The maximum Gasteiger partial charge on any atom is 0.317 e. The molecular weight excluding hydrogens is 274 g/mol. The van der Waals surface area contributed by atoms with Crippen molar-refractivity contribution in [3.63, 3.8) is 0 Å². The summed E-state index contributed by atoms with van der Waals surface area (Å²) in [5.74, 6) is -0.290. The van der Waals surface area contributed by atoms with Crippen molar-refractivity contribution in [1.29, 1.82) is 0 Å². The van der Waals surface area contributed by atoms with E-state index in [1.807, 2.05) is 4.90 Å². The summed E-state index contributed by atoms with van der Waals surface area (Å²) < 4.78 is 0. The second-order valence-electron chi connectivity index (χ2n) is 7.39. The van der Waals surface area contributed by atoms with Gasteiger partial charge in [-0.3, -0.25) is 9.69 Å². The summed E-state index contributed by atoms with van der Waals surface area (Å²) >= 11 is 0. The Balaban J connectivity index is 2.59. The van der Waals surface area contributed by atoms with E-state index >= 15 is 0 Å². The lowest BCUT2D eigenvalue weighted by atomic mass is 9.86. The van der Waals surface area contributed by atoms with E-state index < -0.39 is 5.97 Å². The standard InChI is InChI=1S/C19H31NO2/c1-6-11-20(14-18(21)22)13-15(2)12-16-7-9-17(10-8-16)19(3,4)5/h7-10,15H,6,11-14H2,1-5H3,(H,21,22). The second-order valence-corrected chi connectivity index (χ2v) is 7.39. The fourth-order valence-corrected chi connectivity index (χ4v) is 2.79. The molecule has 0 saturated carbocycles. The molecule has 1 rings (SSSR count). The average Bonchev–Trinajstić information content (AvgIpc) is 2.37. The molecule has 0 aliphatic carbocycles. The van der Waals surface area contributed by atoms with Crippen LogP contribution in [0.25, 0.3) is 0 Å². The molecule has 124 valence electrons. The lowest BCUT2D eigenvalue weighted by Crippen LogP contribution is -2.34. The molecule has 1 N–H and O–H groups in total. The van der Waals surface area contributed by atoms with Gasteiger partial charge in [0.2, 0.25) is 0 Å². The number of carboxylic acids is 1. The van der Waals surface area contributed by atoms with Crippen LogP contribution in [-0.4, -0.2) is 35.6 Å². The number of carbonyl (C=O) groups is 1. The summed E-state index contributed by atoms with van der Waals surface area (Å²) in [5.41, 5.74) is 2.86. The van der Waals surface area contributed by atoms with Crippen LogP contribution >= 0.6 is 0 Å². The first-order chi connectivity index (χ1) is 10.2. The van der Waals surface area contributed by atoms with Gasteiger partial charge < -0.3 is 5.11 Å². The molecule has 22 heavy (non-hydrogen) atoms. The molecule has 3 heteroatoms. The Hall–Kier alpha value is -1.35. The summed E-state index contributed by atoms with van der Waals surface area (Å²) in [4.78, 5) is 13.0. The van der Waals surface area contributed by atoms with E-state index in [-0.39, 0.29) is 12.0 Å². The van der Waals surface area contributed by atoms with Crippen LogP contribution in [0.1, 0.15) is 52.2 Å². The van der Waals surface area contributed by atoms with Crippen LogP contribution in [0, 0.1) is 5.92 Å². The zero-order valence-corrected chi connectivity index (χ0v) is 14.7. The fourth-order valence-electron chi connectivity index (χ4n) is 2.79. The molecule has 0 saturated heterocycles. The number of rotatable bonds is 8. The number of carboxylic acid groups (broad SMARTS) is 1. The molecule has 1 atom stereocenters. The van der Waals surface area contributed by atoms with Crippen molar-refractivity contribution in [1.82, 2.24) is 4.90 Å². The molecule has 0 amide bonds. The minimum atomic E-state index is -0.741. The topological polar surface area (TPSA) is 40.5 Å². The summed E-state index contributed by atoms with van der Waals surface area (Å²) in [7, 11) is 0. The third kappa shape index (κ3) is 6.61.